The highest BCUT2D eigenvalue weighted by atomic mass is 16.5. The van der Waals surface area contributed by atoms with Gasteiger partial charge >= 0.3 is 0 Å². The van der Waals surface area contributed by atoms with E-state index in [9.17, 15) is 4.79 Å². The lowest BCUT2D eigenvalue weighted by molar-refractivity contribution is -0.108. The highest BCUT2D eigenvalue weighted by Crippen LogP contribution is 2.52. The molecule has 1 aliphatic carbocycles. The van der Waals surface area contributed by atoms with E-state index in [-0.39, 0.29) is 5.92 Å². The van der Waals surface area contributed by atoms with Gasteiger partial charge in [-0.05, 0) is 49.2 Å². The van der Waals surface area contributed by atoms with Crippen LogP contribution in [0.3, 0.4) is 0 Å². The van der Waals surface area contributed by atoms with Gasteiger partial charge in [-0.2, -0.15) is 0 Å². The van der Waals surface area contributed by atoms with Crippen molar-refractivity contribution < 1.29 is 14.3 Å². The van der Waals surface area contributed by atoms with Crippen LogP contribution in [0.25, 0.3) is 11.1 Å². The molecule has 0 amide bonds. The van der Waals surface area contributed by atoms with Crippen LogP contribution in [0, 0.1) is 0 Å². The normalized spacial score (nSPS) is 14.6. The fourth-order valence-corrected chi connectivity index (χ4v) is 4.04. The summed E-state index contributed by atoms with van der Waals surface area (Å²) in [6.07, 6.45) is 4.11. The molecule has 1 atom stereocenters. The Hall–Kier alpha value is -2.33. The van der Waals surface area contributed by atoms with E-state index in [0.29, 0.717) is 13.2 Å². The summed E-state index contributed by atoms with van der Waals surface area (Å²) in [6.45, 7) is 11.0. The second-order valence-corrected chi connectivity index (χ2v) is 7.49. The largest absolute Gasteiger partial charge is 0.493 e. The van der Waals surface area contributed by atoms with Crippen molar-refractivity contribution in [3.8, 4) is 22.6 Å². The van der Waals surface area contributed by atoms with Crippen molar-refractivity contribution in [3.63, 3.8) is 0 Å². The van der Waals surface area contributed by atoms with Crippen LogP contribution in [0.15, 0.2) is 36.4 Å². The number of rotatable bonds is 12. The summed E-state index contributed by atoms with van der Waals surface area (Å²) >= 11 is 0. The van der Waals surface area contributed by atoms with Crippen molar-refractivity contribution in [2.24, 2.45) is 0 Å². The fraction of sp³-hybridized carbons (Fsp3) is 0.480. The van der Waals surface area contributed by atoms with E-state index < -0.39 is 0 Å². The molecule has 29 heavy (non-hydrogen) atoms. The van der Waals surface area contributed by atoms with E-state index in [1.165, 1.54) is 0 Å². The SMILES string of the molecule is CCCCOc1cccc2c1-c1c(OCCCN(CC)CC)cccc1C2C=O. The topological polar surface area (TPSA) is 38.8 Å². The van der Waals surface area contributed by atoms with Gasteiger partial charge in [-0.1, -0.05) is 51.5 Å². The minimum Gasteiger partial charge on any atom is -0.493 e. The smallest absolute Gasteiger partial charge is 0.131 e. The lowest BCUT2D eigenvalue weighted by Crippen LogP contribution is -2.25. The molecule has 156 valence electrons. The van der Waals surface area contributed by atoms with E-state index in [4.69, 9.17) is 9.47 Å². The highest BCUT2D eigenvalue weighted by molar-refractivity contribution is 5.93. The molecule has 0 aliphatic heterocycles. The van der Waals surface area contributed by atoms with Gasteiger partial charge in [-0.15, -0.1) is 0 Å². The van der Waals surface area contributed by atoms with Gasteiger partial charge in [0.2, 0.25) is 0 Å². The Kier molecular flexibility index (Phi) is 7.70. The summed E-state index contributed by atoms with van der Waals surface area (Å²) in [6, 6.07) is 12.0. The number of unbranched alkanes of at least 4 members (excludes halogenated alkanes) is 1. The van der Waals surface area contributed by atoms with Crippen LogP contribution in [0.1, 0.15) is 57.1 Å². The van der Waals surface area contributed by atoms with Crippen molar-refractivity contribution in [2.45, 2.75) is 46.0 Å². The van der Waals surface area contributed by atoms with E-state index in [2.05, 4.69) is 25.7 Å². The zero-order chi connectivity index (χ0) is 20.6. The maximum atomic E-state index is 11.9. The summed E-state index contributed by atoms with van der Waals surface area (Å²) in [5, 5.41) is 0. The van der Waals surface area contributed by atoms with Gasteiger partial charge in [-0.3, -0.25) is 0 Å². The molecule has 0 radical (unpaired) electrons. The average Bonchev–Trinajstić information content (AvgIpc) is 3.09. The molecular weight excluding hydrogens is 362 g/mol. The molecule has 0 spiro atoms. The second-order valence-electron chi connectivity index (χ2n) is 7.49. The van der Waals surface area contributed by atoms with Gasteiger partial charge in [0.05, 0.1) is 19.1 Å². The third kappa shape index (κ3) is 4.64. The number of fused-ring (bicyclic) bond motifs is 3. The van der Waals surface area contributed by atoms with Gasteiger partial charge in [0.25, 0.3) is 0 Å². The van der Waals surface area contributed by atoms with Crippen molar-refractivity contribution >= 4 is 6.29 Å². The Bertz CT molecular complexity index is 814. The number of carbonyl (C=O) groups excluding carboxylic acids is 1. The van der Waals surface area contributed by atoms with Crippen LogP contribution in [-0.2, 0) is 4.79 Å². The first-order valence-electron chi connectivity index (χ1n) is 10.9. The van der Waals surface area contributed by atoms with Gasteiger partial charge < -0.3 is 19.2 Å². The van der Waals surface area contributed by atoms with Crippen LogP contribution < -0.4 is 9.47 Å². The van der Waals surface area contributed by atoms with Crippen LogP contribution in [0.5, 0.6) is 11.5 Å². The molecule has 4 nitrogen and oxygen atoms in total. The van der Waals surface area contributed by atoms with Crippen molar-refractivity contribution in [1.82, 2.24) is 4.90 Å². The highest BCUT2D eigenvalue weighted by Gasteiger charge is 2.33. The predicted molar refractivity (Wildman–Crippen MR) is 118 cm³/mol. The van der Waals surface area contributed by atoms with Crippen LogP contribution in [0.2, 0.25) is 0 Å². The number of carbonyl (C=O) groups is 1. The van der Waals surface area contributed by atoms with Gasteiger partial charge in [0, 0.05) is 17.7 Å². The molecule has 4 heteroatoms. The number of hydrogen-bond donors (Lipinski definition) is 0. The van der Waals surface area contributed by atoms with E-state index in [1.807, 2.05) is 36.4 Å². The Morgan fingerprint density at radius 3 is 1.90 bits per heavy atom. The third-order valence-corrected chi connectivity index (χ3v) is 5.70. The van der Waals surface area contributed by atoms with Crippen LogP contribution >= 0.6 is 0 Å². The van der Waals surface area contributed by atoms with Gasteiger partial charge in [0.15, 0.2) is 0 Å². The lowest BCUT2D eigenvalue weighted by atomic mass is 9.99. The van der Waals surface area contributed by atoms with Crippen LogP contribution in [-0.4, -0.2) is 44.0 Å². The predicted octanol–water partition coefficient (Wildman–Crippen LogP) is 5.29. The molecular formula is C25H33NO3. The number of aldehydes is 1. The minimum absolute atomic E-state index is 0.256. The van der Waals surface area contributed by atoms with Crippen molar-refractivity contribution in [1.29, 1.82) is 0 Å². The molecule has 0 saturated heterocycles. The maximum Gasteiger partial charge on any atom is 0.131 e. The minimum atomic E-state index is -0.256. The quantitative estimate of drug-likeness (QED) is 0.362. The first-order chi connectivity index (χ1) is 14.2. The Morgan fingerprint density at radius 1 is 0.862 bits per heavy atom. The van der Waals surface area contributed by atoms with E-state index in [1.54, 1.807) is 0 Å². The lowest BCUT2D eigenvalue weighted by Gasteiger charge is -2.18. The summed E-state index contributed by atoms with van der Waals surface area (Å²) in [5.41, 5.74) is 4.08. The molecule has 2 aromatic rings. The molecule has 0 fully saturated rings. The molecule has 0 heterocycles. The summed E-state index contributed by atoms with van der Waals surface area (Å²) in [5.74, 6) is 1.44. The van der Waals surface area contributed by atoms with Crippen LogP contribution in [0.4, 0.5) is 0 Å². The number of nitrogens with zero attached hydrogens (tertiary/aromatic N) is 1. The first-order valence-corrected chi connectivity index (χ1v) is 10.9. The zero-order valence-electron chi connectivity index (χ0n) is 17.9. The number of ether oxygens (including phenoxy) is 2. The second kappa shape index (κ2) is 10.4. The molecule has 1 aliphatic rings. The van der Waals surface area contributed by atoms with E-state index in [0.717, 1.165) is 78.9 Å². The summed E-state index contributed by atoms with van der Waals surface area (Å²) in [7, 11) is 0. The Labute approximate surface area is 174 Å². The molecule has 2 aromatic carbocycles. The first kappa shape index (κ1) is 21.4. The third-order valence-electron chi connectivity index (χ3n) is 5.70. The molecule has 3 rings (SSSR count). The Morgan fingerprint density at radius 2 is 1.41 bits per heavy atom. The standard InChI is InChI=1S/C25H33NO3/c1-4-7-16-28-22-13-8-11-19-21(18-27)20-12-9-14-23(25(20)24(19)22)29-17-10-15-26(5-2)6-3/h8-9,11-14,18,21H,4-7,10,15-17H2,1-3H3. The molecule has 1 unspecified atom stereocenters. The monoisotopic (exact) mass is 395 g/mol. The zero-order valence-corrected chi connectivity index (χ0v) is 17.9. The molecule has 0 aromatic heterocycles. The van der Waals surface area contributed by atoms with E-state index >= 15 is 0 Å². The Balaban J connectivity index is 1.86. The summed E-state index contributed by atoms with van der Waals surface area (Å²) < 4.78 is 12.3. The molecule has 0 saturated carbocycles. The molecule has 0 N–H and O–H groups in total. The number of hydrogen-bond acceptors (Lipinski definition) is 4. The molecule has 0 bridgehead atoms. The fourth-order valence-electron chi connectivity index (χ4n) is 4.04. The van der Waals surface area contributed by atoms with Crippen molar-refractivity contribution in [2.75, 3.05) is 32.8 Å². The maximum absolute atomic E-state index is 11.9. The number of benzene rings is 2. The van der Waals surface area contributed by atoms with Gasteiger partial charge in [-0.25, -0.2) is 0 Å². The average molecular weight is 396 g/mol. The van der Waals surface area contributed by atoms with Crippen molar-refractivity contribution in [3.05, 3.63) is 47.5 Å². The van der Waals surface area contributed by atoms with Gasteiger partial charge in [0.1, 0.15) is 17.8 Å². The summed E-state index contributed by atoms with van der Waals surface area (Å²) in [4.78, 5) is 14.3.